The maximum atomic E-state index is 13.5. The average molecular weight is 200 g/mol. The minimum absolute atomic E-state index is 0.00842. The van der Waals surface area contributed by atoms with E-state index in [1.165, 1.54) is 24.3 Å². The molecule has 1 N–H and O–H groups in total. The molecule has 1 aromatic rings. The molecule has 1 rings (SSSR count). The van der Waals surface area contributed by atoms with Crippen LogP contribution < -0.4 is 0 Å². The summed E-state index contributed by atoms with van der Waals surface area (Å²) in [4.78, 5) is 0. The maximum absolute atomic E-state index is 13.5. The predicted octanol–water partition coefficient (Wildman–Crippen LogP) is 3.53. The number of alkyl halides is 2. The predicted molar refractivity (Wildman–Crippen MR) is 51.5 cm³/mol. The van der Waals surface area contributed by atoms with Crippen molar-refractivity contribution in [1.29, 1.82) is 0 Å². The van der Waals surface area contributed by atoms with E-state index in [-0.39, 0.29) is 23.7 Å². The second-order valence-electron chi connectivity index (χ2n) is 3.85. The van der Waals surface area contributed by atoms with E-state index >= 15 is 0 Å². The average Bonchev–Trinajstić information content (AvgIpc) is 2.02. The van der Waals surface area contributed by atoms with Crippen molar-refractivity contribution in [2.45, 2.75) is 26.2 Å². The van der Waals surface area contributed by atoms with Gasteiger partial charge in [-0.25, -0.2) is 8.78 Å². The van der Waals surface area contributed by atoms with Crippen molar-refractivity contribution in [3.63, 3.8) is 0 Å². The first-order valence-electron chi connectivity index (χ1n) is 4.59. The van der Waals surface area contributed by atoms with Crippen LogP contribution >= 0.6 is 0 Å². The van der Waals surface area contributed by atoms with Gasteiger partial charge in [-0.05, 0) is 30.2 Å². The Hall–Kier alpha value is -1.12. The van der Waals surface area contributed by atoms with Gasteiger partial charge in [0.25, 0.3) is 5.92 Å². The zero-order valence-corrected chi connectivity index (χ0v) is 8.30. The molecule has 14 heavy (non-hydrogen) atoms. The lowest BCUT2D eigenvalue weighted by Crippen LogP contribution is -2.15. The number of phenols is 1. The fraction of sp³-hybridized carbons (Fsp3) is 0.455. The molecule has 0 saturated carbocycles. The number of hydrogen-bond acceptors (Lipinski definition) is 1. The molecule has 1 nitrogen and oxygen atoms in total. The van der Waals surface area contributed by atoms with Crippen molar-refractivity contribution < 1.29 is 13.9 Å². The van der Waals surface area contributed by atoms with Crippen LogP contribution in [0.25, 0.3) is 0 Å². The van der Waals surface area contributed by atoms with Crippen molar-refractivity contribution in [2.75, 3.05) is 0 Å². The minimum atomic E-state index is -2.80. The zero-order chi connectivity index (χ0) is 10.8. The van der Waals surface area contributed by atoms with E-state index in [9.17, 15) is 8.78 Å². The molecule has 0 aliphatic heterocycles. The van der Waals surface area contributed by atoms with E-state index in [4.69, 9.17) is 5.11 Å². The largest absolute Gasteiger partial charge is 0.508 e. The van der Waals surface area contributed by atoms with Gasteiger partial charge >= 0.3 is 0 Å². The third kappa shape index (κ3) is 2.69. The minimum Gasteiger partial charge on any atom is -0.508 e. The molecule has 0 atom stereocenters. The van der Waals surface area contributed by atoms with Gasteiger partial charge in [-0.3, -0.25) is 0 Å². The van der Waals surface area contributed by atoms with Gasteiger partial charge in [-0.1, -0.05) is 13.8 Å². The lowest BCUT2D eigenvalue weighted by Gasteiger charge is -2.18. The Morgan fingerprint density at radius 3 is 2.14 bits per heavy atom. The second-order valence-corrected chi connectivity index (χ2v) is 3.85. The van der Waals surface area contributed by atoms with E-state index in [0.717, 1.165) is 0 Å². The van der Waals surface area contributed by atoms with Crippen LogP contribution in [-0.2, 0) is 5.92 Å². The molecule has 0 aliphatic carbocycles. The summed E-state index contributed by atoms with van der Waals surface area (Å²) < 4.78 is 26.9. The molecule has 0 aliphatic rings. The number of halogens is 2. The molecule has 0 unspecified atom stereocenters. The van der Waals surface area contributed by atoms with E-state index in [2.05, 4.69) is 0 Å². The van der Waals surface area contributed by atoms with Gasteiger partial charge in [0.1, 0.15) is 5.75 Å². The second kappa shape index (κ2) is 3.95. The molecule has 3 heteroatoms. The lowest BCUT2D eigenvalue weighted by molar-refractivity contribution is -0.0249. The molecule has 0 aromatic heterocycles. The Bertz CT molecular complexity index is 291. The number of hydrogen-bond donors (Lipinski definition) is 1. The fourth-order valence-corrected chi connectivity index (χ4v) is 1.34. The smallest absolute Gasteiger partial charge is 0.273 e. The van der Waals surface area contributed by atoms with Gasteiger partial charge in [-0.2, -0.15) is 0 Å². The molecule has 0 bridgehead atoms. The van der Waals surface area contributed by atoms with Crippen LogP contribution in [0.4, 0.5) is 8.78 Å². The van der Waals surface area contributed by atoms with Crippen molar-refractivity contribution in [3.8, 4) is 5.75 Å². The Labute approximate surface area is 82.4 Å². The van der Waals surface area contributed by atoms with Crippen molar-refractivity contribution in [2.24, 2.45) is 5.92 Å². The molecular weight excluding hydrogens is 186 g/mol. The van der Waals surface area contributed by atoms with E-state index < -0.39 is 5.92 Å². The molecule has 0 fully saturated rings. The number of rotatable bonds is 3. The number of benzene rings is 1. The van der Waals surface area contributed by atoms with E-state index in [1.54, 1.807) is 13.8 Å². The number of aromatic hydroxyl groups is 1. The summed E-state index contributed by atoms with van der Waals surface area (Å²) in [5.74, 6) is -2.85. The van der Waals surface area contributed by atoms with Crippen LogP contribution in [0, 0.1) is 5.92 Å². The summed E-state index contributed by atoms with van der Waals surface area (Å²) in [6, 6.07) is 5.09. The monoisotopic (exact) mass is 200 g/mol. The van der Waals surface area contributed by atoms with Crippen LogP contribution in [0.3, 0.4) is 0 Å². The van der Waals surface area contributed by atoms with Crippen molar-refractivity contribution in [3.05, 3.63) is 29.8 Å². The highest BCUT2D eigenvalue weighted by atomic mass is 19.3. The zero-order valence-electron chi connectivity index (χ0n) is 8.30. The van der Waals surface area contributed by atoms with Crippen LogP contribution in [0.15, 0.2) is 24.3 Å². The molecule has 0 spiro atoms. The Balaban J connectivity index is 2.86. The number of phenolic OH excluding ortho intramolecular Hbond substituents is 1. The fourth-order valence-electron chi connectivity index (χ4n) is 1.34. The standard InChI is InChI=1S/C11H14F2O/c1-8(2)7-11(12,13)9-3-5-10(14)6-4-9/h3-6,8,14H,7H2,1-2H3. The van der Waals surface area contributed by atoms with Gasteiger partial charge in [0.2, 0.25) is 0 Å². The summed E-state index contributed by atoms with van der Waals surface area (Å²) in [6.45, 7) is 3.52. The third-order valence-corrected chi connectivity index (χ3v) is 1.95. The molecule has 1 aromatic carbocycles. The highest BCUT2D eigenvalue weighted by molar-refractivity contribution is 5.28. The van der Waals surface area contributed by atoms with Crippen LogP contribution in [0.5, 0.6) is 5.75 Å². The summed E-state index contributed by atoms with van der Waals surface area (Å²) in [5.41, 5.74) is -0.0380. The first kappa shape index (κ1) is 11.0. The summed E-state index contributed by atoms with van der Waals surface area (Å²) in [5, 5.41) is 8.96. The molecule has 0 radical (unpaired) electrons. The summed E-state index contributed by atoms with van der Waals surface area (Å²) in [6.07, 6.45) is -0.169. The SMILES string of the molecule is CC(C)CC(F)(F)c1ccc(O)cc1. The summed E-state index contributed by atoms with van der Waals surface area (Å²) >= 11 is 0. The van der Waals surface area contributed by atoms with Crippen LogP contribution in [-0.4, -0.2) is 5.11 Å². The molecule has 78 valence electrons. The first-order valence-corrected chi connectivity index (χ1v) is 4.59. The molecular formula is C11H14F2O. The van der Waals surface area contributed by atoms with E-state index in [0.29, 0.717) is 0 Å². The Morgan fingerprint density at radius 1 is 1.21 bits per heavy atom. The lowest BCUT2D eigenvalue weighted by atomic mass is 9.98. The van der Waals surface area contributed by atoms with Crippen LogP contribution in [0.1, 0.15) is 25.8 Å². The summed E-state index contributed by atoms with van der Waals surface area (Å²) in [7, 11) is 0. The molecule has 0 saturated heterocycles. The van der Waals surface area contributed by atoms with Crippen molar-refractivity contribution >= 4 is 0 Å². The van der Waals surface area contributed by atoms with Gasteiger partial charge in [0, 0.05) is 12.0 Å². The third-order valence-electron chi connectivity index (χ3n) is 1.95. The first-order chi connectivity index (χ1) is 6.42. The quantitative estimate of drug-likeness (QED) is 0.791. The highest BCUT2D eigenvalue weighted by Gasteiger charge is 2.31. The topological polar surface area (TPSA) is 20.2 Å². The highest BCUT2D eigenvalue weighted by Crippen LogP contribution is 2.34. The van der Waals surface area contributed by atoms with Gasteiger partial charge < -0.3 is 5.11 Å². The van der Waals surface area contributed by atoms with Crippen LogP contribution in [0.2, 0.25) is 0 Å². The van der Waals surface area contributed by atoms with Gasteiger partial charge in [0.15, 0.2) is 0 Å². The van der Waals surface area contributed by atoms with Crippen molar-refractivity contribution in [1.82, 2.24) is 0 Å². The molecule has 0 heterocycles. The van der Waals surface area contributed by atoms with Gasteiger partial charge in [-0.15, -0.1) is 0 Å². The maximum Gasteiger partial charge on any atom is 0.273 e. The normalized spacial score (nSPS) is 12.1. The molecule has 0 amide bonds. The van der Waals surface area contributed by atoms with Gasteiger partial charge in [0.05, 0.1) is 0 Å². The Morgan fingerprint density at radius 2 is 1.71 bits per heavy atom. The van der Waals surface area contributed by atoms with E-state index in [1.807, 2.05) is 0 Å². The Kier molecular flexibility index (Phi) is 3.09.